The quantitative estimate of drug-likeness (QED) is 0.360. The topological polar surface area (TPSA) is 3.01 Å². The lowest BCUT2D eigenvalue weighted by atomic mass is 10.4. The lowest BCUT2D eigenvalue weighted by Crippen LogP contribution is -2.28. The molecule has 0 bridgehead atoms. The highest BCUT2D eigenvalue weighted by atomic mass is 28.3. The van der Waals surface area contributed by atoms with Crippen LogP contribution in [-0.4, -0.2) is 32.6 Å². The standard InChI is InChI=1S/C10H21NSi/c1-10(2)9-12(3,4)8-7-11-5-6-11/h1,5-9H2,2-4H3. The Kier molecular flexibility index (Phi) is 3.13. The van der Waals surface area contributed by atoms with Gasteiger partial charge in [0.25, 0.3) is 0 Å². The predicted molar refractivity (Wildman–Crippen MR) is 58.4 cm³/mol. The molecule has 2 heteroatoms. The molecule has 70 valence electrons. The molecule has 0 saturated carbocycles. The number of hydrogen-bond acceptors (Lipinski definition) is 1. The highest BCUT2D eigenvalue weighted by Crippen LogP contribution is 2.21. The summed E-state index contributed by atoms with van der Waals surface area (Å²) in [6.45, 7) is 15.1. The molecular weight excluding hydrogens is 162 g/mol. The largest absolute Gasteiger partial charge is 0.301 e. The molecule has 0 atom stereocenters. The maximum absolute atomic E-state index is 4.00. The van der Waals surface area contributed by atoms with Gasteiger partial charge < -0.3 is 4.90 Å². The average Bonchev–Trinajstić information content (AvgIpc) is 2.62. The zero-order chi connectivity index (χ0) is 9.19. The van der Waals surface area contributed by atoms with Crippen molar-refractivity contribution in [2.75, 3.05) is 19.6 Å². The van der Waals surface area contributed by atoms with Crippen LogP contribution in [0.1, 0.15) is 6.92 Å². The van der Waals surface area contributed by atoms with Gasteiger partial charge in [0.2, 0.25) is 0 Å². The molecule has 1 aliphatic heterocycles. The van der Waals surface area contributed by atoms with Crippen LogP contribution < -0.4 is 0 Å². The minimum absolute atomic E-state index is 0.930. The third-order valence-electron chi connectivity index (χ3n) is 2.42. The maximum atomic E-state index is 4.00. The van der Waals surface area contributed by atoms with E-state index in [0.717, 1.165) is 0 Å². The van der Waals surface area contributed by atoms with Crippen LogP contribution in [-0.2, 0) is 0 Å². The van der Waals surface area contributed by atoms with E-state index in [2.05, 4.69) is 31.5 Å². The van der Waals surface area contributed by atoms with E-state index in [9.17, 15) is 0 Å². The lowest BCUT2D eigenvalue weighted by molar-refractivity contribution is 0.589. The Labute approximate surface area is 77.5 Å². The van der Waals surface area contributed by atoms with Gasteiger partial charge in [0.05, 0.1) is 8.07 Å². The summed E-state index contributed by atoms with van der Waals surface area (Å²) >= 11 is 0. The third-order valence-corrected chi connectivity index (χ3v) is 5.56. The lowest BCUT2D eigenvalue weighted by Gasteiger charge is -2.22. The van der Waals surface area contributed by atoms with Crippen molar-refractivity contribution in [3.8, 4) is 0 Å². The second kappa shape index (κ2) is 3.75. The van der Waals surface area contributed by atoms with Crippen LogP contribution in [0.2, 0.25) is 25.2 Å². The summed E-state index contributed by atoms with van der Waals surface area (Å²) in [6.07, 6.45) is 0. The molecule has 1 heterocycles. The second-order valence-corrected chi connectivity index (χ2v) is 10.1. The molecule has 0 spiro atoms. The molecule has 12 heavy (non-hydrogen) atoms. The fraction of sp³-hybridized carbons (Fsp3) is 0.800. The molecule has 1 rings (SSSR count). The summed E-state index contributed by atoms with van der Waals surface area (Å²) in [7, 11) is -0.930. The summed E-state index contributed by atoms with van der Waals surface area (Å²) < 4.78 is 0. The molecule has 0 aromatic rings. The van der Waals surface area contributed by atoms with Crippen molar-refractivity contribution in [1.29, 1.82) is 0 Å². The summed E-state index contributed by atoms with van der Waals surface area (Å²) in [6, 6.07) is 2.75. The van der Waals surface area contributed by atoms with Crippen molar-refractivity contribution in [3.05, 3.63) is 12.2 Å². The minimum Gasteiger partial charge on any atom is -0.301 e. The van der Waals surface area contributed by atoms with E-state index in [1.807, 2.05) is 0 Å². The van der Waals surface area contributed by atoms with Crippen LogP contribution in [0.25, 0.3) is 0 Å². The molecule has 0 aliphatic carbocycles. The average molecular weight is 183 g/mol. The van der Waals surface area contributed by atoms with E-state index in [-0.39, 0.29) is 0 Å². The Bertz CT molecular complexity index is 171. The van der Waals surface area contributed by atoms with E-state index < -0.39 is 8.07 Å². The van der Waals surface area contributed by atoms with Gasteiger partial charge in [-0.1, -0.05) is 18.7 Å². The zero-order valence-corrected chi connectivity index (χ0v) is 9.69. The van der Waals surface area contributed by atoms with Gasteiger partial charge in [-0.2, -0.15) is 0 Å². The van der Waals surface area contributed by atoms with Gasteiger partial charge in [0.1, 0.15) is 0 Å². The van der Waals surface area contributed by atoms with Gasteiger partial charge in [-0.25, -0.2) is 0 Å². The molecule has 1 saturated heterocycles. The molecule has 0 aromatic carbocycles. The summed E-state index contributed by atoms with van der Waals surface area (Å²) in [5.41, 5.74) is 1.37. The first-order valence-corrected chi connectivity index (χ1v) is 8.28. The van der Waals surface area contributed by atoms with E-state index >= 15 is 0 Å². The van der Waals surface area contributed by atoms with Crippen LogP contribution in [0.15, 0.2) is 12.2 Å². The first-order chi connectivity index (χ1) is 5.49. The summed E-state index contributed by atoms with van der Waals surface area (Å²) in [5.74, 6) is 0. The third kappa shape index (κ3) is 4.07. The fourth-order valence-corrected chi connectivity index (χ4v) is 4.39. The van der Waals surface area contributed by atoms with E-state index in [1.165, 1.54) is 37.3 Å². The van der Waals surface area contributed by atoms with Crippen LogP contribution in [0.4, 0.5) is 0 Å². The van der Waals surface area contributed by atoms with E-state index in [0.29, 0.717) is 0 Å². The van der Waals surface area contributed by atoms with Gasteiger partial charge in [-0.05, 0) is 25.6 Å². The maximum Gasteiger partial charge on any atom is 0.0526 e. The first-order valence-electron chi connectivity index (χ1n) is 4.86. The summed E-state index contributed by atoms with van der Waals surface area (Å²) in [4.78, 5) is 2.52. The van der Waals surface area contributed by atoms with Crippen molar-refractivity contribution in [2.24, 2.45) is 0 Å². The van der Waals surface area contributed by atoms with Crippen LogP contribution >= 0.6 is 0 Å². The fourth-order valence-electron chi connectivity index (χ4n) is 1.66. The van der Waals surface area contributed by atoms with Crippen LogP contribution in [0, 0.1) is 0 Å². The molecule has 0 unspecified atom stereocenters. The first kappa shape index (κ1) is 10.0. The Hall–Kier alpha value is -0.0831. The highest BCUT2D eigenvalue weighted by molar-refractivity contribution is 6.78. The van der Waals surface area contributed by atoms with Gasteiger partial charge in [0.15, 0.2) is 0 Å². The Morgan fingerprint density at radius 3 is 2.42 bits per heavy atom. The van der Waals surface area contributed by atoms with Gasteiger partial charge >= 0.3 is 0 Å². The molecule has 0 amide bonds. The van der Waals surface area contributed by atoms with Gasteiger partial charge in [-0.3, -0.25) is 0 Å². The SMILES string of the molecule is C=C(C)C[Si](C)(C)CCN1CC1. The number of rotatable bonds is 5. The molecular formula is C10H21NSi. The van der Waals surface area contributed by atoms with E-state index in [1.54, 1.807) is 0 Å². The van der Waals surface area contributed by atoms with Crippen LogP contribution in [0.5, 0.6) is 0 Å². The smallest absolute Gasteiger partial charge is 0.0526 e. The normalized spacial score (nSPS) is 17.9. The van der Waals surface area contributed by atoms with Crippen molar-refractivity contribution >= 4 is 8.07 Å². The van der Waals surface area contributed by atoms with Crippen LogP contribution in [0.3, 0.4) is 0 Å². The zero-order valence-electron chi connectivity index (χ0n) is 8.69. The van der Waals surface area contributed by atoms with E-state index in [4.69, 9.17) is 0 Å². The number of allylic oxidation sites excluding steroid dienone is 1. The molecule has 1 fully saturated rings. The van der Waals surface area contributed by atoms with Crippen molar-refractivity contribution in [2.45, 2.75) is 32.1 Å². The van der Waals surface area contributed by atoms with Gasteiger partial charge in [0, 0.05) is 13.1 Å². The molecule has 0 radical (unpaired) electrons. The Morgan fingerprint density at radius 1 is 1.42 bits per heavy atom. The Balaban J connectivity index is 2.20. The van der Waals surface area contributed by atoms with Crippen molar-refractivity contribution in [3.63, 3.8) is 0 Å². The van der Waals surface area contributed by atoms with Crippen molar-refractivity contribution < 1.29 is 0 Å². The summed E-state index contributed by atoms with van der Waals surface area (Å²) in [5, 5.41) is 0. The number of hydrogen-bond donors (Lipinski definition) is 0. The molecule has 1 nitrogen and oxygen atoms in total. The monoisotopic (exact) mass is 183 g/mol. The predicted octanol–water partition coefficient (Wildman–Crippen LogP) is 2.59. The van der Waals surface area contributed by atoms with Gasteiger partial charge in [-0.15, -0.1) is 6.58 Å². The molecule has 0 N–H and O–H groups in total. The molecule has 1 aliphatic rings. The minimum atomic E-state index is -0.930. The molecule has 0 aromatic heterocycles. The Morgan fingerprint density at radius 2 is 2.00 bits per heavy atom. The number of nitrogens with zero attached hydrogens (tertiary/aromatic N) is 1. The van der Waals surface area contributed by atoms with Crippen molar-refractivity contribution in [1.82, 2.24) is 4.90 Å². The second-order valence-electron chi connectivity index (χ2n) is 4.89. The highest BCUT2D eigenvalue weighted by Gasteiger charge is 2.24.